The van der Waals surface area contributed by atoms with Gasteiger partial charge in [-0.2, -0.15) is 0 Å². The smallest absolute Gasteiger partial charge is 0.256 e. The van der Waals surface area contributed by atoms with E-state index in [1.54, 1.807) is 6.33 Å². The highest BCUT2D eigenvalue weighted by Gasteiger charge is 2.27. The predicted octanol–water partition coefficient (Wildman–Crippen LogP) is 6.49. The number of aromatic nitrogens is 3. The third kappa shape index (κ3) is 4.46. The zero-order chi connectivity index (χ0) is 26.9. The number of H-pyrrole nitrogens is 1. The molecule has 6 aromatic rings. The molecule has 6 nitrogen and oxygen atoms in total. The van der Waals surface area contributed by atoms with E-state index in [0.717, 1.165) is 34.0 Å². The number of rotatable bonds is 6. The summed E-state index contributed by atoms with van der Waals surface area (Å²) in [5, 5.41) is 4.74. The molecule has 40 heavy (non-hydrogen) atoms. The SMILES string of the molecule is O=C(c1cn(C(Cc2cccc3ccccc23)c2cnc[nH]2)cc1-c1cccc2ccccc12)N1CCOCC1. The lowest BCUT2D eigenvalue weighted by molar-refractivity contribution is 0.0303. The Hall–Kier alpha value is -4.68. The first-order valence-corrected chi connectivity index (χ1v) is 13.8. The molecule has 4 aromatic carbocycles. The van der Waals surface area contributed by atoms with Gasteiger partial charge in [-0.3, -0.25) is 4.79 Å². The van der Waals surface area contributed by atoms with E-state index < -0.39 is 0 Å². The maximum absolute atomic E-state index is 14.0. The fraction of sp³-hybridized carbons (Fsp3) is 0.176. The van der Waals surface area contributed by atoms with Crippen LogP contribution in [0.2, 0.25) is 0 Å². The minimum atomic E-state index is -0.0757. The minimum absolute atomic E-state index is 0.0403. The van der Waals surface area contributed by atoms with Gasteiger partial charge in [0.25, 0.3) is 5.91 Å². The second-order valence-electron chi connectivity index (χ2n) is 10.3. The number of imidazole rings is 1. The van der Waals surface area contributed by atoms with Crippen LogP contribution >= 0.6 is 0 Å². The third-order valence-corrected chi connectivity index (χ3v) is 7.99. The molecule has 7 rings (SSSR count). The number of hydrogen-bond donors (Lipinski definition) is 1. The van der Waals surface area contributed by atoms with Crippen LogP contribution < -0.4 is 0 Å². The molecule has 198 valence electrons. The van der Waals surface area contributed by atoms with Crippen molar-refractivity contribution < 1.29 is 9.53 Å². The van der Waals surface area contributed by atoms with E-state index in [4.69, 9.17) is 4.74 Å². The third-order valence-electron chi connectivity index (χ3n) is 7.99. The van der Waals surface area contributed by atoms with Crippen LogP contribution in [0, 0.1) is 0 Å². The minimum Gasteiger partial charge on any atom is -0.378 e. The summed E-state index contributed by atoms with van der Waals surface area (Å²) in [5.41, 5.74) is 4.95. The van der Waals surface area contributed by atoms with Gasteiger partial charge in [-0.15, -0.1) is 0 Å². The van der Waals surface area contributed by atoms with Gasteiger partial charge in [0.05, 0.1) is 43.0 Å². The number of benzene rings is 4. The molecule has 2 aromatic heterocycles. The summed E-state index contributed by atoms with van der Waals surface area (Å²) in [5.74, 6) is 0.0403. The Labute approximate surface area is 232 Å². The van der Waals surface area contributed by atoms with Crippen LogP contribution in [0.15, 0.2) is 110 Å². The Morgan fingerprint density at radius 2 is 1.52 bits per heavy atom. The lowest BCUT2D eigenvalue weighted by Crippen LogP contribution is -2.40. The van der Waals surface area contributed by atoms with Crippen molar-refractivity contribution in [2.75, 3.05) is 26.3 Å². The molecule has 1 amide bonds. The van der Waals surface area contributed by atoms with Crippen molar-refractivity contribution in [1.82, 2.24) is 19.4 Å². The van der Waals surface area contributed by atoms with Gasteiger partial charge in [-0.25, -0.2) is 4.98 Å². The Balaban J connectivity index is 1.39. The van der Waals surface area contributed by atoms with E-state index in [9.17, 15) is 4.79 Å². The highest BCUT2D eigenvalue weighted by molar-refractivity contribution is 6.06. The Morgan fingerprint density at radius 3 is 2.30 bits per heavy atom. The van der Waals surface area contributed by atoms with Crippen LogP contribution in [0.5, 0.6) is 0 Å². The summed E-state index contributed by atoms with van der Waals surface area (Å²) in [6.45, 7) is 2.32. The van der Waals surface area contributed by atoms with Gasteiger partial charge in [-0.1, -0.05) is 84.9 Å². The van der Waals surface area contributed by atoms with Gasteiger partial charge >= 0.3 is 0 Å². The van der Waals surface area contributed by atoms with Crippen LogP contribution in [0.25, 0.3) is 32.7 Å². The van der Waals surface area contributed by atoms with E-state index >= 15 is 0 Å². The molecule has 0 saturated carbocycles. The van der Waals surface area contributed by atoms with Gasteiger partial charge in [0, 0.05) is 31.0 Å². The fourth-order valence-electron chi connectivity index (χ4n) is 5.94. The van der Waals surface area contributed by atoms with Crippen molar-refractivity contribution in [3.05, 3.63) is 127 Å². The molecule has 3 heterocycles. The molecule has 1 atom stereocenters. The topological polar surface area (TPSA) is 63.2 Å². The first-order chi connectivity index (χ1) is 19.8. The summed E-state index contributed by atoms with van der Waals surface area (Å²) in [4.78, 5) is 23.6. The maximum atomic E-state index is 14.0. The maximum Gasteiger partial charge on any atom is 0.256 e. The molecule has 0 spiro atoms. The Morgan fingerprint density at radius 1 is 0.825 bits per heavy atom. The molecular weight excluding hydrogens is 496 g/mol. The Bertz CT molecular complexity index is 1790. The second-order valence-corrected chi connectivity index (χ2v) is 10.3. The van der Waals surface area contributed by atoms with Crippen LogP contribution in [-0.4, -0.2) is 51.6 Å². The number of nitrogens with zero attached hydrogens (tertiary/aromatic N) is 3. The number of amides is 1. The van der Waals surface area contributed by atoms with Crippen molar-refractivity contribution >= 4 is 27.5 Å². The number of nitrogens with one attached hydrogen (secondary N) is 1. The molecule has 1 N–H and O–H groups in total. The van der Waals surface area contributed by atoms with Gasteiger partial charge in [0.15, 0.2) is 0 Å². The zero-order valence-electron chi connectivity index (χ0n) is 22.2. The molecule has 1 fully saturated rings. The molecule has 0 radical (unpaired) electrons. The first kappa shape index (κ1) is 24.4. The number of aromatic amines is 1. The van der Waals surface area contributed by atoms with E-state index in [1.165, 1.54) is 16.3 Å². The highest BCUT2D eigenvalue weighted by atomic mass is 16.5. The number of hydrogen-bond acceptors (Lipinski definition) is 3. The monoisotopic (exact) mass is 526 g/mol. The van der Waals surface area contributed by atoms with E-state index in [1.807, 2.05) is 17.3 Å². The van der Waals surface area contributed by atoms with Crippen molar-refractivity contribution in [3.63, 3.8) is 0 Å². The molecule has 1 saturated heterocycles. The Kier molecular flexibility index (Phi) is 6.38. The lowest BCUT2D eigenvalue weighted by atomic mass is 9.97. The van der Waals surface area contributed by atoms with Crippen LogP contribution in [0.4, 0.5) is 0 Å². The van der Waals surface area contributed by atoms with Crippen molar-refractivity contribution in [2.24, 2.45) is 0 Å². The van der Waals surface area contributed by atoms with Gasteiger partial charge in [0.2, 0.25) is 0 Å². The van der Waals surface area contributed by atoms with Crippen molar-refractivity contribution in [1.29, 1.82) is 0 Å². The largest absolute Gasteiger partial charge is 0.378 e. The molecule has 1 unspecified atom stereocenters. The fourth-order valence-corrected chi connectivity index (χ4v) is 5.94. The van der Waals surface area contributed by atoms with Crippen LogP contribution in [0.1, 0.15) is 27.7 Å². The number of morpholine rings is 1. The van der Waals surface area contributed by atoms with Crippen LogP contribution in [0.3, 0.4) is 0 Å². The second kappa shape index (κ2) is 10.5. The van der Waals surface area contributed by atoms with E-state index in [2.05, 4.69) is 106 Å². The molecule has 1 aliphatic rings. The van der Waals surface area contributed by atoms with Crippen molar-refractivity contribution in [2.45, 2.75) is 12.5 Å². The summed E-state index contributed by atoms with van der Waals surface area (Å²) < 4.78 is 7.74. The van der Waals surface area contributed by atoms with E-state index in [-0.39, 0.29) is 11.9 Å². The molecule has 1 aliphatic heterocycles. The lowest BCUT2D eigenvalue weighted by Gasteiger charge is -2.27. The predicted molar refractivity (Wildman–Crippen MR) is 158 cm³/mol. The number of ether oxygens (including phenoxy) is 1. The standard InChI is InChI=1S/C34H30N4O2/c39-34(37-15-17-40-18-16-37)31-22-38(21-30(31)29-14-6-10-25-8-2-4-13-28(25)29)33(32-20-35-23-36-32)19-26-11-5-9-24-7-1-3-12-27(24)26/h1-14,20-23,33H,15-19H2,(H,35,36). The molecule has 0 bridgehead atoms. The van der Waals surface area contributed by atoms with E-state index in [0.29, 0.717) is 31.9 Å². The average Bonchev–Trinajstić information content (AvgIpc) is 3.71. The summed E-state index contributed by atoms with van der Waals surface area (Å²) in [7, 11) is 0. The quantitative estimate of drug-likeness (QED) is 0.270. The molecule has 6 heteroatoms. The summed E-state index contributed by atoms with van der Waals surface area (Å²) >= 11 is 0. The highest BCUT2D eigenvalue weighted by Crippen LogP contribution is 2.35. The van der Waals surface area contributed by atoms with Crippen LogP contribution in [-0.2, 0) is 11.2 Å². The number of carbonyl (C=O) groups excluding carboxylic acids is 1. The van der Waals surface area contributed by atoms with Gasteiger partial charge < -0.3 is 19.2 Å². The zero-order valence-corrected chi connectivity index (χ0v) is 22.2. The first-order valence-electron chi connectivity index (χ1n) is 13.8. The van der Waals surface area contributed by atoms with Gasteiger partial charge in [0.1, 0.15) is 0 Å². The number of carbonyl (C=O) groups is 1. The average molecular weight is 527 g/mol. The summed E-state index contributed by atoms with van der Waals surface area (Å²) in [6, 6.07) is 29.5. The summed E-state index contributed by atoms with van der Waals surface area (Å²) in [6.07, 6.45) is 8.53. The number of fused-ring (bicyclic) bond motifs is 2. The normalized spacial score (nSPS) is 14.6. The van der Waals surface area contributed by atoms with Gasteiger partial charge in [-0.05, 0) is 39.1 Å². The molecular formula is C34H30N4O2. The van der Waals surface area contributed by atoms with Crippen molar-refractivity contribution in [3.8, 4) is 11.1 Å². The molecule has 0 aliphatic carbocycles.